The molecule has 0 radical (unpaired) electrons. The zero-order valence-corrected chi connectivity index (χ0v) is 11.5. The molecule has 1 aliphatic heterocycles. The third kappa shape index (κ3) is 2.51. The van der Waals surface area contributed by atoms with Crippen molar-refractivity contribution in [3.05, 3.63) is 23.9 Å². The number of hydrogen-bond donors (Lipinski definition) is 0. The van der Waals surface area contributed by atoms with Crippen molar-refractivity contribution in [2.45, 2.75) is 44.9 Å². The molecule has 0 N–H and O–H groups in total. The van der Waals surface area contributed by atoms with Crippen molar-refractivity contribution in [3.8, 4) is 0 Å². The number of aldehydes is 1. The molecule has 0 bridgehead atoms. The number of piperidine rings is 1. The maximum atomic E-state index is 11.1. The van der Waals surface area contributed by atoms with Crippen LogP contribution in [0, 0.1) is 5.41 Å². The van der Waals surface area contributed by atoms with Gasteiger partial charge in [0, 0.05) is 19.3 Å². The molecular weight excluding hydrogens is 236 g/mol. The number of anilines is 1. The Morgan fingerprint density at radius 3 is 2.53 bits per heavy atom. The molecule has 0 amide bonds. The topological polar surface area (TPSA) is 33.2 Å². The minimum absolute atomic E-state index is 0.602. The predicted octanol–water partition coefficient (Wildman–Crippen LogP) is 3.44. The number of carbonyl (C=O) groups is 1. The zero-order chi connectivity index (χ0) is 13.1. The number of aromatic nitrogens is 1. The van der Waals surface area contributed by atoms with Gasteiger partial charge in [0.05, 0.1) is 5.56 Å². The molecule has 1 aromatic heterocycles. The molecule has 2 fully saturated rings. The van der Waals surface area contributed by atoms with Crippen LogP contribution in [-0.2, 0) is 0 Å². The lowest BCUT2D eigenvalue weighted by Gasteiger charge is -2.44. The molecule has 19 heavy (non-hydrogen) atoms. The van der Waals surface area contributed by atoms with Crippen molar-refractivity contribution in [1.82, 2.24) is 4.98 Å². The van der Waals surface area contributed by atoms with E-state index in [0.717, 1.165) is 30.8 Å². The lowest BCUT2D eigenvalue weighted by Crippen LogP contribution is -2.41. The molecule has 1 spiro atoms. The highest BCUT2D eigenvalue weighted by molar-refractivity contribution is 5.82. The van der Waals surface area contributed by atoms with Gasteiger partial charge in [0.15, 0.2) is 6.29 Å². The summed E-state index contributed by atoms with van der Waals surface area (Å²) in [5, 5.41) is 0. The summed E-state index contributed by atoms with van der Waals surface area (Å²) in [6.07, 6.45) is 12.3. The van der Waals surface area contributed by atoms with E-state index in [0.29, 0.717) is 5.41 Å². The van der Waals surface area contributed by atoms with E-state index in [4.69, 9.17) is 0 Å². The summed E-state index contributed by atoms with van der Waals surface area (Å²) >= 11 is 0. The summed E-state index contributed by atoms with van der Waals surface area (Å²) in [7, 11) is 0. The fourth-order valence-electron chi connectivity index (χ4n) is 3.76. The van der Waals surface area contributed by atoms with Crippen molar-refractivity contribution in [2.75, 3.05) is 18.0 Å². The Morgan fingerprint density at radius 1 is 1.11 bits per heavy atom. The highest BCUT2D eigenvalue weighted by Crippen LogP contribution is 2.45. The van der Waals surface area contributed by atoms with E-state index in [1.165, 1.54) is 44.9 Å². The first kappa shape index (κ1) is 12.6. The molecule has 2 heterocycles. The predicted molar refractivity (Wildman–Crippen MR) is 76.6 cm³/mol. The Labute approximate surface area is 115 Å². The number of nitrogens with zero attached hydrogens (tertiary/aromatic N) is 2. The monoisotopic (exact) mass is 258 g/mol. The first-order valence-electron chi connectivity index (χ1n) is 7.48. The molecular formula is C16H22N2O. The highest BCUT2D eigenvalue weighted by atomic mass is 16.1. The molecule has 102 valence electrons. The third-order valence-corrected chi connectivity index (χ3v) is 4.98. The second kappa shape index (κ2) is 5.32. The quantitative estimate of drug-likeness (QED) is 0.762. The number of rotatable bonds is 2. The van der Waals surface area contributed by atoms with E-state index in [2.05, 4.69) is 9.88 Å². The summed E-state index contributed by atoms with van der Waals surface area (Å²) < 4.78 is 0. The summed E-state index contributed by atoms with van der Waals surface area (Å²) in [5.74, 6) is 0.878. The fourth-order valence-corrected chi connectivity index (χ4v) is 3.76. The van der Waals surface area contributed by atoms with Crippen molar-refractivity contribution in [3.63, 3.8) is 0 Å². The molecule has 0 aromatic carbocycles. The SMILES string of the molecule is O=Cc1cccnc1N1CCC2(CCCCC2)CC1. The molecule has 1 saturated carbocycles. The Hall–Kier alpha value is -1.38. The summed E-state index contributed by atoms with van der Waals surface area (Å²) in [6, 6.07) is 3.69. The molecule has 0 atom stereocenters. The van der Waals surface area contributed by atoms with Crippen LogP contribution >= 0.6 is 0 Å². The van der Waals surface area contributed by atoms with Gasteiger partial charge in [0.2, 0.25) is 0 Å². The van der Waals surface area contributed by atoms with Crippen molar-refractivity contribution < 1.29 is 4.79 Å². The summed E-state index contributed by atoms with van der Waals surface area (Å²) in [4.78, 5) is 17.8. The molecule has 2 aliphatic rings. The van der Waals surface area contributed by atoms with Gasteiger partial charge in [-0.1, -0.05) is 19.3 Å². The second-order valence-electron chi connectivity index (χ2n) is 6.08. The average molecular weight is 258 g/mol. The van der Waals surface area contributed by atoms with Gasteiger partial charge in [0.25, 0.3) is 0 Å². The first-order chi connectivity index (χ1) is 9.33. The molecule has 3 nitrogen and oxygen atoms in total. The smallest absolute Gasteiger partial charge is 0.153 e. The highest BCUT2D eigenvalue weighted by Gasteiger charge is 2.36. The maximum Gasteiger partial charge on any atom is 0.153 e. The van der Waals surface area contributed by atoms with E-state index < -0.39 is 0 Å². The van der Waals surface area contributed by atoms with E-state index in [1.807, 2.05) is 12.1 Å². The minimum atomic E-state index is 0.602. The van der Waals surface area contributed by atoms with Crippen LogP contribution in [-0.4, -0.2) is 24.4 Å². The van der Waals surface area contributed by atoms with Crippen molar-refractivity contribution in [2.24, 2.45) is 5.41 Å². The van der Waals surface area contributed by atoms with Gasteiger partial charge in [-0.3, -0.25) is 4.79 Å². The van der Waals surface area contributed by atoms with Crippen LogP contribution in [0.25, 0.3) is 0 Å². The largest absolute Gasteiger partial charge is 0.356 e. The van der Waals surface area contributed by atoms with Crippen LogP contribution in [0.1, 0.15) is 55.3 Å². The maximum absolute atomic E-state index is 11.1. The van der Waals surface area contributed by atoms with Crippen molar-refractivity contribution >= 4 is 12.1 Å². The molecule has 3 heteroatoms. The lowest BCUT2D eigenvalue weighted by molar-refractivity contribution is 0.112. The normalized spacial score (nSPS) is 22.4. The fraction of sp³-hybridized carbons (Fsp3) is 0.625. The van der Waals surface area contributed by atoms with Gasteiger partial charge in [0.1, 0.15) is 5.82 Å². The number of hydrogen-bond acceptors (Lipinski definition) is 3. The summed E-state index contributed by atoms with van der Waals surface area (Å²) in [6.45, 7) is 2.11. The van der Waals surface area contributed by atoms with Gasteiger partial charge in [-0.15, -0.1) is 0 Å². The van der Waals surface area contributed by atoms with Crippen LogP contribution in [0.5, 0.6) is 0 Å². The number of carbonyl (C=O) groups excluding carboxylic acids is 1. The first-order valence-corrected chi connectivity index (χ1v) is 7.48. The standard InChI is InChI=1S/C16H22N2O/c19-13-14-5-4-10-17-15(14)18-11-8-16(9-12-18)6-2-1-3-7-16/h4-5,10,13H,1-3,6-9,11-12H2. The molecule has 1 aromatic rings. The van der Waals surface area contributed by atoms with E-state index >= 15 is 0 Å². The molecule has 1 aliphatic carbocycles. The van der Waals surface area contributed by atoms with Crippen molar-refractivity contribution in [1.29, 1.82) is 0 Å². The van der Waals surface area contributed by atoms with Crippen LogP contribution < -0.4 is 4.90 Å². The molecule has 0 unspecified atom stereocenters. The second-order valence-corrected chi connectivity index (χ2v) is 6.08. The van der Waals surface area contributed by atoms with Gasteiger partial charge in [-0.05, 0) is 43.2 Å². The zero-order valence-electron chi connectivity index (χ0n) is 11.5. The average Bonchev–Trinajstić information content (AvgIpc) is 2.49. The molecule has 3 rings (SSSR count). The Balaban J connectivity index is 1.71. The van der Waals surface area contributed by atoms with Crippen LogP contribution in [0.3, 0.4) is 0 Å². The number of pyridine rings is 1. The van der Waals surface area contributed by atoms with E-state index in [9.17, 15) is 4.79 Å². The van der Waals surface area contributed by atoms with E-state index in [1.54, 1.807) is 6.20 Å². The van der Waals surface area contributed by atoms with Crippen LogP contribution in [0.15, 0.2) is 18.3 Å². The third-order valence-electron chi connectivity index (χ3n) is 4.98. The van der Waals surface area contributed by atoms with Gasteiger partial charge >= 0.3 is 0 Å². The van der Waals surface area contributed by atoms with Crippen LogP contribution in [0.2, 0.25) is 0 Å². The lowest BCUT2D eigenvalue weighted by atomic mass is 9.68. The Morgan fingerprint density at radius 2 is 1.84 bits per heavy atom. The van der Waals surface area contributed by atoms with Gasteiger partial charge in [-0.2, -0.15) is 0 Å². The minimum Gasteiger partial charge on any atom is -0.356 e. The summed E-state index contributed by atoms with van der Waals surface area (Å²) in [5.41, 5.74) is 1.33. The Bertz CT molecular complexity index is 442. The van der Waals surface area contributed by atoms with Gasteiger partial charge in [-0.25, -0.2) is 4.98 Å². The Kier molecular flexibility index (Phi) is 3.54. The van der Waals surface area contributed by atoms with Crippen LogP contribution in [0.4, 0.5) is 5.82 Å². The molecule has 1 saturated heterocycles. The van der Waals surface area contributed by atoms with Gasteiger partial charge < -0.3 is 4.90 Å². The van der Waals surface area contributed by atoms with E-state index in [-0.39, 0.29) is 0 Å².